The Hall–Kier alpha value is -2.08. The Bertz CT molecular complexity index is 678. The van der Waals surface area contributed by atoms with Crippen LogP contribution in [0, 0.1) is 6.92 Å². The lowest BCUT2D eigenvalue weighted by molar-refractivity contribution is 0.0920. The highest BCUT2D eigenvalue weighted by atomic mass is 35.5. The van der Waals surface area contributed by atoms with Crippen LogP contribution in [0.3, 0.4) is 0 Å². The van der Waals surface area contributed by atoms with Crippen molar-refractivity contribution in [2.75, 3.05) is 18.0 Å². The highest BCUT2D eigenvalue weighted by molar-refractivity contribution is 6.33. The molecule has 110 valence electrons. The van der Waals surface area contributed by atoms with Crippen LogP contribution < -0.4 is 10.2 Å². The summed E-state index contributed by atoms with van der Waals surface area (Å²) in [4.78, 5) is 18.2. The van der Waals surface area contributed by atoms with Crippen LogP contribution >= 0.6 is 11.6 Å². The topological polar surface area (TPSA) is 63.1 Å². The van der Waals surface area contributed by atoms with E-state index in [0.717, 1.165) is 24.5 Å². The molecule has 0 radical (unpaired) electrons. The second-order valence-corrected chi connectivity index (χ2v) is 5.60. The van der Waals surface area contributed by atoms with Gasteiger partial charge in [-0.3, -0.25) is 14.5 Å². The third-order valence-electron chi connectivity index (χ3n) is 3.54. The van der Waals surface area contributed by atoms with Gasteiger partial charge in [-0.15, -0.1) is 0 Å². The van der Waals surface area contributed by atoms with E-state index in [2.05, 4.69) is 20.3 Å². The van der Waals surface area contributed by atoms with E-state index in [1.165, 1.54) is 0 Å². The molecule has 0 spiro atoms. The molecule has 0 unspecified atom stereocenters. The number of aryl methyl sites for hydroxylation is 2. The number of pyridine rings is 1. The fraction of sp³-hybridized carbons (Fsp3) is 0.357. The Morgan fingerprint density at radius 2 is 2.24 bits per heavy atom. The van der Waals surface area contributed by atoms with Crippen LogP contribution in [-0.4, -0.2) is 39.8 Å². The van der Waals surface area contributed by atoms with E-state index in [4.69, 9.17) is 11.6 Å². The maximum absolute atomic E-state index is 12.2. The Balaban J connectivity index is 1.59. The minimum atomic E-state index is -0.0939. The van der Waals surface area contributed by atoms with Crippen molar-refractivity contribution in [1.29, 1.82) is 0 Å². The Labute approximate surface area is 127 Å². The van der Waals surface area contributed by atoms with Crippen LogP contribution in [0.5, 0.6) is 0 Å². The van der Waals surface area contributed by atoms with Gasteiger partial charge < -0.3 is 10.2 Å². The van der Waals surface area contributed by atoms with Crippen molar-refractivity contribution in [3.05, 3.63) is 40.9 Å². The molecular formula is C14H16ClN5O. The molecule has 21 heavy (non-hydrogen) atoms. The molecule has 1 fully saturated rings. The van der Waals surface area contributed by atoms with Crippen molar-refractivity contribution in [2.45, 2.75) is 13.0 Å². The number of nitrogens with zero attached hydrogens (tertiary/aromatic N) is 4. The molecule has 1 aliphatic heterocycles. The Kier molecular flexibility index (Phi) is 3.55. The number of nitrogens with one attached hydrogen (secondary N) is 1. The van der Waals surface area contributed by atoms with E-state index in [9.17, 15) is 4.79 Å². The van der Waals surface area contributed by atoms with E-state index < -0.39 is 0 Å². The van der Waals surface area contributed by atoms with Gasteiger partial charge in [-0.25, -0.2) is 0 Å². The second kappa shape index (κ2) is 5.37. The van der Waals surface area contributed by atoms with Gasteiger partial charge >= 0.3 is 0 Å². The van der Waals surface area contributed by atoms with Crippen molar-refractivity contribution in [3.8, 4) is 0 Å². The minimum Gasteiger partial charge on any atom is -0.366 e. The van der Waals surface area contributed by atoms with E-state index in [-0.39, 0.29) is 11.9 Å². The molecule has 7 heteroatoms. The summed E-state index contributed by atoms with van der Waals surface area (Å²) in [5.41, 5.74) is 2.36. The number of aromatic nitrogens is 3. The Morgan fingerprint density at radius 1 is 1.48 bits per heavy atom. The lowest BCUT2D eigenvalue weighted by Gasteiger charge is -2.41. The molecule has 3 heterocycles. The van der Waals surface area contributed by atoms with E-state index >= 15 is 0 Å². The molecule has 1 N–H and O–H groups in total. The normalized spacial score (nSPS) is 14.9. The summed E-state index contributed by atoms with van der Waals surface area (Å²) in [5, 5.41) is 7.81. The summed E-state index contributed by atoms with van der Waals surface area (Å²) in [6, 6.07) is 3.79. The average Bonchev–Trinajstić information content (AvgIpc) is 2.73. The fourth-order valence-corrected chi connectivity index (χ4v) is 2.71. The van der Waals surface area contributed by atoms with Crippen LogP contribution in [0.1, 0.15) is 16.2 Å². The van der Waals surface area contributed by atoms with Crippen molar-refractivity contribution in [3.63, 3.8) is 0 Å². The van der Waals surface area contributed by atoms with Gasteiger partial charge in [0.05, 0.1) is 22.4 Å². The Morgan fingerprint density at radius 3 is 2.86 bits per heavy atom. The molecule has 0 atom stereocenters. The highest BCUT2D eigenvalue weighted by Crippen LogP contribution is 2.28. The number of amides is 1. The standard InChI is InChI=1S/C14H16ClN5O/c1-9-5-13(19(2)18-9)14(21)17-10-7-20(8-10)12-3-4-16-6-11(12)15/h3-6,10H,7-8H2,1-2H3,(H,17,21). The number of carbonyl (C=O) groups is 1. The van der Waals surface area contributed by atoms with Gasteiger partial charge in [0.1, 0.15) is 5.69 Å². The van der Waals surface area contributed by atoms with Crippen LogP contribution in [0.25, 0.3) is 0 Å². The molecule has 2 aromatic heterocycles. The van der Waals surface area contributed by atoms with E-state index in [1.807, 2.05) is 13.0 Å². The number of carbonyl (C=O) groups excluding carboxylic acids is 1. The lowest BCUT2D eigenvalue weighted by Crippen LogP contribution is -2.59. The van der Waals surface area contributed by atoms with Gasteiger partial charge in [-0.2, -0.15) is 5.10 Å². The summed E-state index contributed by atoms with van der Waals surface area (Å²) in [6.07, 6.45) is 3.34. The molecular weight excluding hydrogens is 290 g/mol. The predicted molar refractivity (Wildman–Crippen MR) is 80.7 cm³/mol. The maximum atomic E-state index is 12.2. The molecule has 0 saturated carbocycles. The van der Waals surface area contributed by atoms with Crippen LogP contribution in [-0.2, 0) is 7.05 Å². The SMILES string of the molecule is Cc1cc(C(=O)NC2CN(c3ccncc3Cl)C2)n(C)n1. The van der Waals surface area contributed by atoms with Gasteiger partial charge in [0.15, 0.2) is 0 Å². The maximum Gasteiger partial charge on any atom is 0.269 e. The third-order valence-corrected chi connectivity index (χ3v) is 3.83. The van der Waals surface area contributed by atoms with Gasteiger partial charge in [0, 0.05) is 32.5 Å². The number of hydrogen-bond acceptors (Lipinski definition) is 4. The first-order valence-electron chi connectivity index (χ1n) is 6.70. The molecule has 0 bridgehead atoms. The van der Waals surface area contributed by atoms with Crippen molar-refractivity contribution in [1.82, 2.24) is 20.1 Å². The van der Waals surface area contributed by atoms with Crippen molar-refractivity contribution < 1.29 is 4.79 Å². The summed E-state index contributed by atoms with van der Waals surface area (Å²) in [7, 11) is 1.77. The van der Waals surface area contributed by atoms with Crippen LogP contribution in [0.2, 0.25) is 5.02 Å². The molecule has 1 amide bonds. The predicted octanol–water partition coefficient (Wildman–Crippen LogP) is 1.40. The molecule has 3 rings (SSSR count). The first-order chi connectivity index (χ1) is 10.0. The quantitative estimate of drug-likeness (QED) is 0.931. The smallest absolute Gasteiger partial charge is 0.269 e. The number of hydrogen-bond donors (Lipinski definition) is 1. The highest BCUT2D eigenvalue weighted by Gasteiger charge is 2.30. The zero-order valence-electron chi connectivity index (χ0n) is 11.9. The summed E-state index contributed by atoms with van der Waals surface area (Å²) >= 11 is 6.10. The largest absolute Gasteiger partial charge is 0.366 e. The summed E-state index contributed by atoms with van der Waals surface area (Å²) in [6.45, 7) is 3.35. The van der Waals surface area contributed by atoms with Crippen molar-refractivity contribution >= 4 is 23.2 Å². The summed E-state index contributed by atoms with van der Waals surface area (Å²) in [5.74, 6) is -0.0939. The van der Waals surface area contributed by atoms with E-state index in [1.54, 1.807) is 30.2 Å². The number of halogens is 1. The van der Waals surface area contributed by atoms with Crippen LogP contribution in [0.15, 0.2) is 24.5 Å². The monoisotopic (exact) mass is 305 g/mol. The third kappa shape index (κ3) is 2.71. The zero-order chi connectivity index (χ0) is 15.0. The second-order valence-electron chi connectivity index (χ2n) is 5.20. The van der Waals surface area contributed by atoms with Crippen molar-refractivity contribution in [2.24, 2.45) is 7.05 Å². The lowest BCUT2D eigenvalue weighted by atomic mass is 10.1. The van der Waals surface area contributed by atoms with Gasteiger partial charge in [-0.05, 0) is 19.1 Å². The number of anilines is 1. The average molecular weight is 306 g/mol. The molecule has 0 aromatic carbocycles. The zero-order valence-corrected chi connectivity index (χ0v) is 12.6. The molecule has 6 nitrogen and oxygen atoms in total. The number of rotatable bonds is 3. The first kappa shape index (κ1) is 13.9. The molecule has 0 aliphatic carbocycles. The first-order valence-corrected chi connectivity index (χ1v) is 7.08. The van der Waals surface area contributed by atoms with Gasteiger partial charge in [-0.1, -0.05) is 11.6 Å². The van der Waals surface area contributed by atoms with Gasteiger partial charge in [0.25, 0.3) is 5.91 Å². The molecule has 1 saturated heterocycles. The van der Waals surface area contributed by atoms with E-state index in [0.29, 0.717) is 10.7 Å². The minimum absolute atomic E-state index is 0.0939. The summed E-state index contributed by atoms with van der Waals surface area (Å²) < 4.78 is 1.60. The molecule has 2 aromatic rings. The molecule has 1 aliphatic rings. The van der Waals surface area contributed by atoms with Gasteiger partial charge in [0.2, 0.25) is 0 Å². The van der Waals surface area contributed by atoms with Crippen LogP contribution in [0.4, 0.5) is 5.69 Å². The fourth-order valence-electron chi connectivity index (χ4n) is 2.47.